The zero-order valence-electron chi connectivity index (χ0n) is 14.2. The van der Waals surface area contributed by atoms with Crippen molar-refractivity contribution in [2.75, 3.05) is 18.0 Å². The summed E-state index contributed by atoms with van der Waals surface area (Å²) in [5.41, 5.74) is 1.11. The fraction of sp³-hybridized carbons (Fsp3) is 0.444. The summed E-state index contributed by atoms with van der Waals surface area (Å²) in [6, 6.07) is 10.2. The lowest BCUT2D eigenvalue weighted by atomic mass is 9.77. The van der Waals surface area contributed by atoms with Crippen molar-refractivity contribution in [2.45, 2.75) is 25.0 Å². The number of hydrogen-bond acceptors (Lipinski definition) is 7. The van der Waals surface area contributed by atoms with Crippen molar-refractivity contribution in [1.82, 2.24) is 25.0 Å². The molecular formula is C18H20N6OS. The zero-order valence-corrected chi connectivity index (χ0v) is 15.0. The van der Waals surface area contributed by atoms with E-state index in [0.717, 1.165) is 41.6 Å². The molecule has 8 heteroatoms. The molecule has 134 valence electrons. The highest BCUT2D eigenvalue weighted by atomic mass is 32.1. The van der Waals surface area contributed by atoms with Crippen LogP contribution in [0.25, 0.3) is 10.6 Å². The largest absolute Gasteiger partial charge is 0.391 e. The fourth-order valence-corrected chi connectivity index (χ4v) is 5.15. The Hall–Kier alpha value is -2.32. The quantitative estimate of drug-likeness (QED) is 0.764. The summed E-state index contributed by atoms with van der Waals surface area (Å²) in [4.78, 5) is 6.35. The number of fused-ring (bicyclic) bond motifs is 1. The van der Waals surface area contributed by atoms with Crippen LogP contribution in [0.3, 0.4) is 0 Å². The summed E-state index contributed by atoms with van der Waals surface area (Å²) >= 11 is 1.64. The minimum Gasteiger partial charge on any atom is -0.391 e. The Balaban J connectivity index is 1.32. The standard InChI is InChI=1S/C18H20N6OS/c25-16-7-14-9-23(8-13(14)6-15(16)24-11-19-10-20-24)18-22-21-17(26-18)12-4-2-1-3-5-12/h1-5,10-11,13-16,25H,6-9H2/t13-,14+,15-,16-/m1/s1. The Morgan fingerprint density at radius 2 is 1.85 bits per heavy atom. The summed E-state index contributed by atoms with van der Waals surface area (Å²) in [5, 5.41) is 25.5. The minimum absolute atomic E-state index is 0.0213. The number of aliphatic hydroxyl groups is 1. The van der Waals surface area contributed by atoms with Gasteiger partial charge in [-0.1, -0.05) is 41.7 Å². The van der Waals surface area contributed by atoms with Crippen molar-refractivity contribution in [3.63, 3.8) is 0 Å². The molecule has 1 saturated heterocycles. The van der Waals surface area contributed by atoms with Gasteiger partial charge < -0.3 is 10.0 Å². The van der Waals surface area contributed by atoms with Crippen molar-refractivity contribution in [3.05, 3.63) is 43.0 Å². The molecule has 2 fully saturated rings. The van der Waals surface area contributed by atoms with Crippen LogP contribution in [0, 0.1) is 11.8 Å². The lowest BCUT2D eigenvalue weighted by molar-refractivity contribution is 0.0305. The molecule has 1 N–H and O–H groups in total. The summed E-state index contributed by atoms with van der Waals surface area (Å²) in [5.74, 6) is 1.03. The Bertz CT molecular complexity index is 867. The maximum atomic E-state index is 10.6. The zero-order chi connectivity index (χ0) is 17.5. The SMILES string of the molecule is O[C@@H]1C[C@H]2CN(c3nnc(-c4ccccc4)s3)C[C@H]2C[C@H]1n1cncn1. The van der Waals surface area contributed by atoms with Crippen LogP contribution in [0.2, 0.25) is 0 Å². The Kier molecular flexibility index (Phi) is 3.94. The maximum absolute atomic E-state index is 10.6. The molecule has 1 aliphatic heterocycles. The lowest BCUT2D eigenvalue weighted by Gasteiger charge is -2.34. The third kappa shape index (κ3) is 2.79. The molecule has 0 spiro atoms. The molecule has 7 nitrogen and oxygen atoms in total. The van der Waals surface area contributed by atoms with E-state index in [-0.39, 0.29) is 12.1 Å². The van der Waals surface area contributed by atoms with Crippen LogP contribution < -0.4 is 4.90 Å². The predicted octanol–water partition coefficient (Wildman–Crippen LogP) is 2.25. The highest BCUT2D eigenvalue weighted by Gasteiger charge is 2.43. The van der Waals surface area contributed by atoms with Crippen molar-refractivity contribution in [2.24, 2.45) is 11.8 Å². The maximum Gasteiger partial charge on any atom is 0.208 e. The van der Waals surface area contributed by atoms with Crippen LogP contribution in [0.1, 0.15) is 18.9 Å². The van der Waals surface area contributed by atoms with E-state index in [1.165, 1.54) is 6.33 Å². The smallest absolute Gasteiger partial charge is 0.208 e. The molecule has 2 aromatic heterocycles. The number of benzene rings is 1. The van der Waals surface area contributed by atoms with Gasteiger partial charge in [-0.05, 0) is 24.7 Å². The van der Waals surface area contributed by atoms with Gasteiger partial charge >= 0.3 is 0 Å². The van der Waals surface area contributed by atoms with Gasteiger partial charge in [0.05, 0.1) is 12.1 Å². The molecule has 0 bridgehead atoms. The molecule has 1 aliphatic carbocycles. The third-order valence-corrected chi connectivity index (χ3v) is 6.62. The van der Waals surface area contributed by atoms with Gasteiger partial charge in [0.25, 0.3) is 0 Å². The van der Waals surface area contributed by atoms with E-state index >= 15 is 0 Å². The highest BCUT2D eigenvalue weighted by molar-refractivity contribution is 7.18. The first-order chi connectivity index (χ1) is 12.8. The minimum atomic E-state index is -0.368. The second kappa shape index (κ2) is 6.44. The van der Waals surface area contributed by atoms with E-state index in [1.807, 2.05) is 22.9 Å². The van der Waals surface area contributed by atoms with E-state index < -0.39 is 0 Å². The molecule has 3 heterocycles. The van der Waals surface area contributed by atoms with Crippen LogP contribution in [0.15, 0.2) is 43.0 Å². The number of anilines is 1. The summed E-state index contributed by atoms with van der Waals surface area (Å²) in [6.07, 6.45) is 4.60. The normalized spacial score (nSPS) is 28.3. The number of hydrogen-bond donors (Lipinski definition) is 1. The van der Waals surface area contributed by atoms with Gasteiger partial charge in [0.2, 0.25) is 5.13 Å². The van der Waals surface area contributed by atoms with Crippen molar-refractivity contribution >= 4 is 16.5 Å². The molecule has 0 radical (unpaired) electrons. The third-order valence-electron chi connectivity index (χ3n) is 5.59. The molecule has 3 aromatic rings. The highest BCUT2D eigenvalue weighted by Crippen LogP contribution is 2.43. The lowest BCUT2D eigenvalue weighted by Crippen LogP contribution is -2.36. The van der Waals surface area contributed by atoms with Gasteiger partial charge in [0, 0.05) is 18.7 Å². The predicted molar refractivity (Wildman–Crippen MR) is 98.8 cm³/mol. The summed E-state index contributed by atoms with van der Waals surface area (Å²) in [7, 11) is 0. The molecule has 5 rings (SSSR count). The monoisotopic (exact) mass is 368 g/mol. The van der Waals surface area contributed by atoms with E-state index in [4.69, 9.17) is 0 Å². The van der Waals surface area contributed by atoms with Gasteiger partial charge in [0.1, 0.15) is 17.7 Å². The van der Waals surface area contributed by atoms with Crippen LogP contribution in [-0.4, -0.2) is 49.3 Å². The second-order valence-electron chi connectivity index (χ2n) is 7.16. The number of rotatable bonds is 3. The first kappa shape index (κ1) is 15.9. The van der Waals surface area contributed by atoms with Gasteiger partial charge in [-0.3, -0.25) is 0 Å². The van der Waals surface area contributed by atoms with Crippen molar-refractivity contribution in [1.29, 1.82) is 0 Å². The molecule has 1 aromatic carbocycles. The Labute approximate surface area is 155 Å². The van der Waals surface area contributed by atoms with Crippen LogP contribution >= 0.6 is 11.3 Å². The second-order valence-corrected chi connectivity index (χ2v) is 8.12. The number of aliphatic hydroxyl groups excluding tert-OH is 1. The molecule has 1 saturated carbocycles. The molecule has 0 unspecified atom stereocenters. The van der Waals surface area contributed by atoms with Crippen molar-refractivity contribution in [3.8, 4) is 10.6 Å². The average Bonchev–Trinajstić information content (AvgIpc) is 3.41. The van der Waals surface area contributed by atoms with Crippen LogP contribution in [0.4, 0.5) is 5.13 Å². The fourth-order valence-electron chi connectivity index (χ4n) is 4.28. The summed E-state index contributed by atoms with van der Waals surface area (Å²) in [6.45, 7) is 1.90. The average molecular weight is 368 g/mol. The van der Waals surface area contributed by atoms with Crippen LogP contribution in [-0.2, 0) is 0 Å². The molecule has 26 heavy (non-hydrogen) atoms. The topological polar surface area (TPSA) is 80.0 Å². The molecule has 2 aliphatic rings. The van der Waals surface area contributed by atoms with E-state index in [0.29, 0.717) is 11.8 Å². The molecular weight excluding hydrogens is 348 g/mol. The van der Waals surface area contributed by atoms with E-state index in [9.17, 15) is 5.11 Å². The summed E-state index contributed by atoms with van der Waals surface area (Å²) < 4.78 is 1.81. The van der Waals surface area contributed by atoms with Gasteiger partial charge in [-0.2, -0.15) is 5.10 Å². The molecule has 4 atom stereocenters. The van der Waals surface area contributed by atoms with Gasteiger partial charge in [0.15, 0.2) is 0 Å². The number of aromatic nitrogens is 5. The van der Waals surface area contributed by atoms with Gasteiger partial charge in [-0.15, -0.1) is 10.2 Å². The van der Waals surface area contributed by atoms with E-state index in [1.54, 1.807) is 17.7 Å². The Morgan fingerprint density at radius 1 is 1.04 bits per heavy atom. The van der Waals surface area contributed by atoms with Crippen molar-refractivity contribution < 1.29 is 5.11 Å². The number of nitrogens with zero attached hydrogens (tertiary/aromatic N) is 6. The first-order valence-electron chi connectivity index (χ1n) is 8.94. The van der Waals surface area contributed by atoms with Gasteiger partial charge in [-0.25, -0.2) is 9.67 Å². The van der Waals surface area contributed by atoms with E-state index in [2.05, 4.69) is 37.3 Å². The Morgan fingerprint density at radius 3 is 2.62 bits per heavy atom. The first-order valence-corrected chi connectivity index (χ1v) is 9.75. The van der Waals surface area contributed by atoms with Crippen LogP contribution in [0.5, 0.6) is 0 Å². The molecule has 0 amide bonds.